The van der Waals surface area contributed by atoms with Crippen LogP contribution in [-0.2, 0) is 6.42 Å². The predicted molar refractivity (Wildman–Crippen MR) is 64.3 cm³/mol. The number of hydrogen-bond acceptors (Lipinski definition) is 4. The number of nitrogens with zero attached hydrogens (tertiary/aromatic N) is 1. The van der Waals surface area contributed by atoms with Crippen LogP contribution in [0.25, 0.3) is 0 Å². The lowest BCUT2D eigenvalue weighted by Crippen LogP contribution is -2.06. The topological polar surface area (TPSA) is 89.7 Å². The van der Waals surface area contributed by atoms with E-state index in [1.54, 1.807) is 0 Å². The van der Waals surface area contributed by atoms with E-state index < -0.39 is 11.1 Å². The summed E-state index contributed by atoms with van der Waals surface area (Å²) in [6, 6.07) is 3.85. The standard InChI is InChI=1S/C9H8INO5/c10-4-3-6-5-7(11(14)15)1-2-8(6)16-9(12)13/h1-2,5H,3-4H2,(H,12,13). The Kier molecular flexibility index (Phi) is 4.47. The lowest BCUT2D eigenvalue weighted by atomic mass is 10.1. The first-order valence-corrected chi connectivity index (χ1v) is 5.81. The van der Waals surface area contributed by atoms with Gasteiger partial charge in [0.05, 0.1) is 4.92 Å². The number of ether oxygens (including phenoxy) is 1. The van der Waals surface area contributed by atoms with E-state index in [2.05, 4.69) is 27.3 Å². The summed E-state index contributed by atoms with van der Waals surface area (Å²) < 4.78 is 5.24. The third kappa shape index (κ3) is 3.33. The molecule has 0 spiro atoms. The summed E-state index contributed by atoms with van der Waals surface area (Å²) in [5.74, 6) is 0.148. The van der Waals surface area contributed by atoms with Crippen LogP contribution in [0.15, 0.2) is 18.2 Å². The molecule has 0 unspecified atom stereocenters. The summed E-state index contributed by atoms with van der Waals surface area (Å²) in [5.41, 5.74) is 0.448. The minimum absolute atomic E-state index is 0.0717. The van der Waals surface area contributed by atoms with Crippen molar-refractivity contribution in [1.29, 1.82) is 0 Å². The van der Waals surface area contributed by atoms with Crippen LogP contribution < -0.4 is 4.74 Å². The highest BCUT2D eigenvalue weighted by Crippen LogP contribution is 2.25. The molecule has 86 valence electrons. The molecule has 0 radical (unpaired) electrons. The van der Waals surface area contributed by atoms with Crippen LogP contribution in [0, 0.1) is 10.1 Å². The van der Waals surface area contributed by atoms with Gasteiger partial charge in [0.15, 0.2) is 0 Å². The van der Waals surface area contributed by atoms with Crippen LogP contribution in [0.3, 0.4) is 0 Å². The monoisotopic (exact) mass is 337 g/mol. The second kappa shape index (κ2) is 5.64. The van der Waals surface area contributed by atoms with E-state index in [-0.39, 0.29) is 11.4 Å². The maximum Gasteiger partial charge on any atom is 0.511 e. The van der Waals surface area contributed by atoms with Gasteiger partial charge in [-0.25, -0.2) is 4.79 Å². The van der Waals surface area contributed by atoms with Gasteiger partial charge >= 0.3 is 6.16 Å². The Balaban J connectivity index is 3.08. The molecule has 1 aromatic rings. The van der Waals surface area contributed by atoms with E-state index in [1.165, 1.54) is 18.2 Å². The van der Waals surface area contributed by atoms with Crippen molar-refractivity contribution in [2.45, 2.75) is 6.42 Å². The summed E-state index contributed by atoms with van der Waals surface area (Å²) in [4.78, 5) is 20.4. The second-order valence-corrected chi connectivity index (χ2v) is 3.93. The Morgan fingerprint density at radius 3 is 2.75 bits per heavy atom. The summed E-state index contributed by atoms with van der Waals surface area (Å²) in [5, 5.41) is 19.0. The number of non-ortho nitro benzene ring substituents is 1. The lowest BCUT2D eigenvalue weighted by molar-refractivity contribution is -0.384. The zero-order valence-corrected chi connectivity index (χ0v) is 10.2. The van der Waals surface area contributed by atoms with E-state index >= 15 is 0 Å². The molecule has 0 aromatic heterocycles. The number of carbonyl (C=O) groups is 1. The minimum atomic E-state index is -1.43. The van der Waals surface area contributed by atoms with Crippen molar-refractivity contribution in [3.05, 3.63) is 33.9 Å². The maximum absolute atomic E-state index is 10.5. The molecular weight excluding hydrogens is 329 g/mol. The van der Waals surface area contributed by atoms with Crippen molar-refractivity contribution >= 4 is 34.4 Å². The van der Waals surface area contributed by atoms with Crippen LogP contribution in [0.2, 0.25) is 0 Å². The molecule has 0 saturated heterocycles. The van der Waals surface area contributed by atoms with Crippen LogP contribution >= 0.6 is 22.6 Å². The largest absolute Gasteiger partial charge is 0.511 e. The number of rotatable bonds is 4. The van der Waals surface area contributed by atoms with E-state index in [0.717, 1.165) is 4.43 Å². The fourth-order valence-electron chi connectivity index (χ4n) is 1.17. The molecule has 1 N–H and O–H groups in total. The van der Waals surface area contributed by atoms with E-state index in [1.807, 2.05) is 0 Å². The quantitative estimate of drug-likeness (QED) is 0.228. The number of halogens is 1. The SMILES string of the molecule is O=C(O)Oc1ccc([N+](=O)[O-])cc1CCI. The third-order valence-electron chi connectivity index (χ3n) is 1.82. The highest BCUT2D eigenvalue weighted by Gasteiger charge is 2.13. The average molecular weight is 337 g/mol. The fourth-order valence-corrected chi connectivity index (χ4v) is 1.75. The number of benzene rings is 1. The Morgan fingerprint density at radius 1 is 1.56 bits per heavy atom. The van der Waals surface area contributed by atoms with Crippen LogP contribution in [0.4, 0.5) is 10.5 Å². The molecule has 0 bridgehead atoms. The second-order valence-electron chi connectivity index (χ2n) is 2.86. The summed E-state index contributed by atoms with van der Waals surface area (Å²) in [7, 11) is 0. The number of hydrogen-bond donors (Lipinski definition) is 1. The number of nitro benzene ring substituents is 1. The molecule has 0 fully saturated rings. The van der Waals surface area contributed by atoms with Gasteiger partial charge in [0.2, 0.25) is 0 Å². The highest BCUT2D eigenvalue weighted by atomic mass is 127. The van der Waals surface area contributed by atoms with Gasteiger partial charge < -0.3 is 9.84 Å². The van der Waals surface area contributed by atoms with Gasteiger partial charge in [-0.05, 0) is 12.5 Å². The molecule has 0 aliphatic rings. The molecule has 0 amide bonds. The van der Waals surface area contributed by atoms with Gasteiger partial charge in [-0.1, -0.05) is 22.6 Å². The predicted octanol–water partition coefficient (Wildman–Crippen LogP) is 2.63. The maximum atomic E-state index is 10.5. The summed E-state index contributed by atoms with van der Waals surface area (Å²) in [6.45, 7) is 0. The molecule has 7 heteroatoms. The number of carboxylic acid groups (broad SMARTS) is 1. The molecule has 0 saturated carbocycles. The van der Waals surface area contributed by atoms with Gasteiger partial charge in [-0.2, -0.15) is 0 Å². The van der Waals surface area contributed by atoms with Crippen molar-refractivity contribution in [2.24, 2.45) is 0 Å². The fraction of sp³-hybridized carbons (Fsp3) is 0.222. The number of aryl methyl sites for hydroxylation is 1. The molecule has 1 rings (SSSR count). The molecule has 6 nitrogen and oxygen atoms in total. The Labute approximate surface area is 105 Å². The highest BCUT2D eigenvalue weighted by molar-refractivity contribution is 14.1. The Morgan fingerprint density at radius 2 is 2.25 bits per heavy atom. The van der Waals surface area contributed by atoms with Crippen LogP contribution in [0.1, 0.15) is 5.56 Å². The molecule has 16 heavy (non-hydrogen) atoms. The smallest absolute Gasteiger partial charge is 0.449 e. The molecule has 0 aliphatic carbocycles. The molecule has 0 heterocycles. The molecule has 0 aliphatic heterocycles. The molecular formula is C9H8INO5. The zero-order valence-electron chi connectivity index (χ0n) is 8.05. The minimum Gasteiger partial charge on any atom is -0.449 e. The Hall–Kier alpha value is -1.38. The van der Waals surface area contributed by atoms with Gasteiger partial charge in [0.25, 0.3) is 5.69 Å². The lowest BCUT2D eigenvalue weighted by Gasteiger charge is -2.06. The first kappa shape index (κ1) is 12.7. The van der Waals surface area contributed by atoms with Crippen molar-refractivity contribution in [1.82, 2.24) is 0 Å². The van der Waals surface area contributed by atoms with Crippen molar-refractivity contribution in [3.8, 4) is 5.75 Å². The third-order valence-corrected chi connectivity index (χ3v) is 2.36. The van der Waals surface area contributed by atoms with E-state index in [0.29, 0.717) is 12.0 Å². The van der Waals surface area contributed by atoms with Gasteiger partial charge in [-0.15, -0.1) is 0 Å². The van der Waals surface area contributed by atoms with Crippen molar-refractivity contribution in [2.75, 3.05) is 4.43 Å². The van der Waals surface area contributed by atoms with E-state index in [4.69, 9.17) is 5.11 Å². The first-order chi connectivity index (χ1) is 7.54. The van der Waals surface area contributed by atoms with Crippen molar-refractivity contribution < 1.29 is 19.6 Å². The molecule has 0 atom stereocenters. The number of nitro groups is 1. The summed E-state index contributed by atoms with van der Waals surface area (Å²) >= 11 is 2.10. The van der Waals surface area contributed by atoms with E-state index in [9.17, 15) is 14.9 Å². The normalized spacial score (nSPS) is 9.81. The summed E-state index contributed by atoms with van der Waals surface area (Å²) in [6.07, 6.45) is -0.909. The van der Waals surface area contributed by atoms with Gasteiger partial charge in [-0.3, -0.25) is 10.1 Å². The average Bonchev–Trinajstić information content (AvgIpc) is 2.20. The van der Waals surface area contributed by atoms with Gasteiger partial charge in [0, 0.05) is 22.1 Å². The van der Waals surface area contributed by atoms with Crippen LogP contribution in [0.5, 0.6) is 5.75 Å². The Bertz CT molecular complexity index is 420. The first-order valence-electron chi connectivity index (χ1n) is 4.28. The van der Waals surface area contributed by atoms with Gasteiger partial charge in [0.1, 0.15) is 5.75 Å². The van der Waals surface area contributed by atoms with Crippen LogP contribution in [-0.4, -0.2) is 20.6 Å². The zero-order chi connectivity index (χ0) is 12.1. The van der Waals surface area contributed by atoms with Crippen molar-refractivity contribution in [3.63, 3.8) is 0 Å². The number of alkyl halides is 1. The molecule has 1 aromatic carbocycles.